The lowest BCUT2D eigenvalue weighted by atomic mass is 10.3. The van der Waals surface area contributed by atoms with Gasteiger partial charge in [-0.1, -0.05) is 39.1 Å². The molecule has 19 heavy (non-hydrogen) atoms. The fraction of sp³-hybridized carbons (Fsp3) is 0. The number of aromatic nitrogens is 1. The maximum atomic E-state index is 12.0. The first-order valence-corrected chi connectivity index (χ1v) is 6.70. The van der Waals surface area contributed by atoms with Gasteiger partial charge in [0, 0.05) is 4.47 Å². The molecule has 0 spiro atoms. The monoisotopic (exact) mass is 359 g/mol. The molecule has 1 aromatic heterocycles. The van der Waals surface area contributed by atoms with Gasteiger partial charge in [-0.15, -0.1) is 0 Å². The summed E-state index contributed by atoms with van der Waals surface area (Å²) < 4.78 is 0.815. The van der Waals surface area contributed by atoms with Crippen molar-refractivity contribution < 1.29 is 4.79 Å². The van der Waals surface area contributed by atoms with E-state index in [1.807, 2.05) is 0 Å². The van der Waals surface area contributed by atoms with Gasteiger partial charge >= 0.3 is 0 Å². The van der Waals surface area contributed by atoms with E-state index in [0.29, 0.717) is 10.7 Å². The Morgan fingerprint density at radius 2 is 1.95 bits per heavy atom. The number of nitrogen functional groups attached to an aromatic ring is 1. The van der Waals surface area contributed by atoms with Crippen molar-refractivity contribution in [3.8, 4) is 0 Å². The van der Waals surface area contributed by atoms with E-state index in [9.17, 15) is 4.79 Å². The van der Waals surface area contributed by atoms with Crippen molar-refractivity contribution in [2.24, 2.45) is 0 Å². The van der Waals surface area contributed by atoms with Crippen molar-refractivity contribution in [3.63, 3.8) is 0 Å². The summed E-state index contributed by atoms with van der Waals surface area (Å²) in [5, 5.41) is 3.26. The van der Waals surface area contributed by atoms with Crippen LogP contribution >= 0.6 is 39.1 Å². The zero-order valence-corrected chi connectivity index (χ0v) is 12.6. The Morgan fingerprint density at radius 3 is 2.63 bits per heavy atom. The average molecular weight is 361 g/mol. The number of rotatable bonds is 2. The number of hydrogen-bond acceptors (Lipinski definition) is 3. The smallest absolute Gasteiger partial charge is 0.275 e. The summed E-state index contributed by atoms with van der Waals surface area (Å²) in [6.07, 6.45) is 0. The zero-order chi connectivity index (χ0) is 14.0. The number of nitrogens with zero attached hydrogens (tertiary/aromatic N) is 1. The first-order valence-electron chi connectivity index (χ1n) is 5.16. The minimum atomic E-state index is -0.471. The van der Waals surface area contributed by atoms with Crippen LogP contribution in [0.25, 0.3) is 0 Å². The normalized spacial score (nSPS) is 10.3. The van der Waals surface area contributed by atoms with Crippen molar-refractivity contribution in [2.75, 3.05) is 11.1 Å². The summed E-state index contributed by atoms with van der Waals surface area (Å²) in [5.74, 6) is -0.252. The first-order chi connectivity index (χ1) is 8.97. The minimum Gasteiger partial charge on any atom is -0.384 e. The Labute approximate surface area is 128 Å². The van der Waals surface area contributed by atoms with Gasteiger partial charge in [0.05, 0.1) is 15.7 Å². The number of carbonyl (C=O) groups is 1. The fourth-order valence-electron chi connectivity index (χ4n) is 1.39. The van der Waals surface area contributed by atoms with Crippen LogP contribution in [0.3, 0.4) is 0 Å². The summed E-state index contributed by atoms with van der Waals surface area (Å²) in [7, 11) is 0. The molecular formula is C12H8BrCl2N3O. The average Bonchev–Trinajstić information content (AvgIpc) is 2.35. The highest BCUT2D eigenvalue weighted by Crippen LogP contribution is 2.26. The number of benzene rings is 1. The highest BCUT2D eigenvalue weighted by molar-refractivity contribution is 9.10. The number of pyridine rings is 1. The number of nitrogens with one attached hydrogen (secondary N) is 1. The van der Waals surface area contributed by atoms with Crippen LogP contribution in [0, 0.1) is 0 Å². The zero-order valence-electron chi connectivity index (χ0n) is 9.45. The van der Waals surface area contributed by atoms with E-state index in [4.69, 9.17) is 28.9 Å². The van der Waals surface area contributed by atoms with Gasteiger partial charge in [0.15, 0.2) is 0 Å². The van der Waals surface area contributed by atoms with Gasteiger partial charge in [0.1, 0.15) is 11.5 Å². The van der Waals surface area contributed by atoms with Crippen LogP contribution in [-0.4, -0.2) is 10.9 Å². The second-order valence-corrected chi connectivity index (χ2v) is 5.37. The molecule has 0 saturated carbocycles. The standard InChI is InChI=1S/C12H8BrCl2N3O/c13-6-1-3-9(8(15)5-6)17-12(19)11-7(14)2-4-10(16)18-11/h1-5H,(H2,16,18)(H,17,19). The summed E-state index contributed by atoms with van der Waals surface area (Å²) in [6.45, 7) is 0. The predicted molar refractivity (Wildman–Crippen MR) is 80.8 cm³/mol. The van der Waals surface area contributed by atoms with Crippen molar-refractivity contribution in [3.05, 3.63) is 50.5 Å². The van der Waals surface area contributed by atoms with E-state index in [-0.39, 0.29) is 16.5 Å². The predicted octanol–water partition coefficient (Wildman–Crippen LogP) is 3.99. The molecule has 0 fully saturated rings. The summed E-state index contributed by atoms with van der Waals surface area (Å²) >= 11 is 15.2. The Bertz CT molecular complexity index is 649. The van der Waals surface area contributed by atoms with E-state index < -0.39 is 5.91 Å². The number of carbonyl (C=O) groups excluding carboxylic acids is 1. The van der Waals surface area contributed by atoms with E-state index in [1.54, 1.807) is 18.2 Å². The van der Waals surface area contributed by atoms with Crippen molar-refractivity contribution >= 4 is 56.5 Å². The number of halogens is 3. The third-order valence-electron chi connectivity index (χ3n) is 2.26. The molecular weight excluding hydrogens is 353 g/mol. The highest BCUT2D eigenvalue weighted by atomic mass is 79.9. The number of nitrogens with two attached hydrogens (primary N) is 1. The fourth-order valence-corrected chi connectivity index (χ4v) is 2.30. The molecule has 0 aliphatic carbocycles. The molecule has 3 N–H and O–H groups in total. The van der Waals surface area contributed by atoms with Crippen molar-refractivity contribution in [1.29, 1.82) is 0 Å². The second-order valence-electron chi connectivity index (χ2n) is 3.64. The lowest BCUT2D eigenvalue weighted by Gasteiger charge is -2.08. The summed E-state index contributed by atoms with van der Waals surface area (Å²) in [5.41, 5.74) is 6.05. The molecule has 4 nitrogen and oxygen atoms in total. The molecule has 98 valence electrons. The molecule has 1 heterocycles. The van der Waals surface area contributed by atoms with Crippen LogP contribution in [-0.2, 0) is 0 Å². The molecule has 7 heteroatoms. The van der Waals surface area contributed by atoms with Crippen LogP contribution in [0.5, 0.6) is 0 Å². The molecule has 2 rings (SSSR count). The van der Waals surface area contributed by atoms with Gasteiger partial charge in [-0.2, -0.15) is 0 Å². The quantitative estimate of drug-likeness (QED) is 0.850. The number of anilines is 2. The molecule has 2 aromatic rings. The molecule has 0 atom stereocenters. The molecule has 0 aliphatic rings. The summed E-state index contributed by atoms with van der Waals surface area (Å²) in [6, 6.07) is 8.14. The Kier molecular flexibility index (Phi) is 4.29. The maximum absolute atomic E-state index is 12.0. The molecule has 0 aliphatic heterocycles. The van der Waals surface area contributed by atoms with Gasteiger partial charge in [0.25, 0.3) is 5.91 Å². The van der Waals surface area contributed by atoms with Crippen LogP contribution in [0.2, 0.25) is 10.0 Å². The van der Waals surface area contributed by atoms with Gasteiger partial charge in [-0.25, -0.2) is 4.98 Å². The number of hydrogen-bond donors (Lipinski definition) is 2. The Morgan fingerprint density at radius 1 is 1.21 bits per heavy atom. The highest BCUT2D eigenvalue weighted by Gasteiger charge is 2.14. The largest absolute Gasteiger partial charge is 0.384 e. The van der Waals surface area contributed by atoms with E-state index in [1.165, 1.54) is 12.1 Å². The van der Waals surface area contributed by atoms with Crippen LogP contribution < -0.4 is 11.1 Å². The Hall–Kier alpha value is -1.30. The van der Waals surface area contributed by atoms with Crippen LogP contribution in [0.4, 0.5) is 11.5 Å². The van der Waals surface area contributed by atoms with Gasteiger partial charge in [-0.3, -0.25) is 4.79 Å². The number of amides is 1. The van der Waals surface area contributed by atoms with E-state index >= 15 is 0 Å². The van der Waals surface area contributed by atoms with E-state index in [0.717, 1.165) is 4.47 Å². The summed E-state index contributed by atoms with van der Waals surface area (Å²) in [4.78, 5) is 15.9. The topological polar surface area (TPSA) is 68.0 Å². The third-order valence-corrected chi connectivity index (χ3v) is 3.37. The molecule has 1 aromatic carbocycles. The third kappa shape index (κ3) is 3.37. The molecule has 1 amide bonds. The maximum Gasteiger partial charge on any atom is 0.275 e. The van der Waals surface area contributed by atoms with Crippen LogP contribution in [0.15, 0.2) is 34.8 Å². The molecule has 0 unspecified atom stereocenters. The SMILES string of the molecule is Nc1ccc(Cl)c(C(=O)Nc2ccc(Br)cc2Cl)n1. The van der Waals surface area contributed by atoms with Crippen molar-refractivity contribution in [1.82, 2.24) is 4.98 Å². The molecule has 0 radical (unpaired) electrons. The Balaban J connectivity index is 2.28. The second kappa shape index (κ2) is 5.77. The van der Waals surface area contributed by atoms with E-state index in [2.05, 4.69) is 26.2 Å². The lowest BCUT2D eigenvalue weighted by Crippen LogP contribution is -2.15. The molecule has 0 bridgehead atoms. The van der Waals surface area contributed by atoms with Gasteiger partial charge in [-0.05, 0) is 30.3 Å². The molecule has 0 saturated heterocycles. The van der Waals surface area contributed by atoms with Gasteiger partial charge in [0.2, 0.25) is 0 Å². The minimum absolute atomic E-state index is 0.0562. The van der Waals surface area contributed by atoms with Crippen LogP contribution in [0.1, 0.15) is 10.5 Å². The lowest BCUT2D eigenvalue weighted by molar-refractivity contribution is 0.102. The van der Waals surface area contributed by atoms with Gasteiger partial charge < -0.3 is 11.1 Å². The van der Waals surface area contributed by atoms with Crippen molar-refractivity contribution in [2.45, 2.75) is 0 Å². The first kappa shape index (κ1) is 14.1.